The molecular weight excluding hydrogens is 114 g/mol. The smallest absolute Gasteiger partial charge is 0.131 e. The van der Waals surface area contributed by atoms with E-state index in [0.29, 0.717) is 6.42 Å². The predicted molar refractivity (Wildman–Crippen MR) is 40.6 cm³/mol. The summed E-state index contributed by atoms with van der Waals surface area (Å²) in [6.45, 7) is 6.40. The molecule has 0 bridgehead atoms. The molecule has 0 aromatic carbocycles. The summed E-state index contributed by atoms with van der Waals surface area (Å²) in [5, 5.41) is 2.88. The first kappa shape index (κ1) is 11.4. The van der Waals surface area contributed by atoms with Gasteiger partial charge >= 0.3 is 0 Å². The topological polar surface area (TPSA) is 29.1 Å². The minimum Gasteiger partial charge on any atom is -0.319 e. The monoisotopic (exact) mass is 131 g/mol. The van der Waals surface area contributed by atoms with Gasteiger partial charge in [-0.2, -0.15) is 0 Å². The average Bonchev–Trinajstić information content (AvgIpc) is 1.88. The second-order valence-corrected chi connectivity index (χ2v) is 1.56. The molecule has 2 nitrogen and oxygen atoms in total. The molecule has 56 valence electrons. The van der Waals surface area contributed by atoms with Crippen LogP contribution >= 0.6 is 0 Å². The van der Waals surface area contributed by atoms with E-state index in [1.165, 1.54) is 0 Å². The number of Topliss-reactive ketones (excluding diaryl/α,β-unsaturated/α-hetero) is 1. The van der Waals surface area contributed by atoms with Crippen LogP contribution in [0.2, 0.25) is 0 Å². The van der Waals surface area contributed by atoms with Crippen LogP contribution in [0.4, 0.5) is 0 Å². The van der Waals surface area contributed by atoms with E-state index in [4.69, 9.17) is 0 Å². The lowest BCUT2D eigenvalue weighted by Gasteiger charge is -1.89. The highest BCUT2D eigenvalue weighted by Gasteiger charge is 1.86. The number of nitrogens with one attached hydrogen (secondary N) is 1. The van der Waals surface area contributed by atoms with Gasteiger partial charge in [-0.1, -0.05) is 13.8 Å². The SMILES string of the molecule is CC.CNCCC(C)=O. The van der Waals surface area contributed by atoms with Gasteiger partial charge in [-0.15, -0.1) is 0 Å². The second kappa shape index (κ2) is 10.6. The molecule has 0 saturated heterocycles. The first-order chi connectivity index (χ1) is 4.27. The van der Waals surface area contributed by atoms with Gasteiger partial charge in [0, 0.05) is 13.0 Å². The maximum absolute atomic E-state index is 10.2. The molecule has 0 aromatic rings. The van der Waals surface area contributed by atoms with Gasteiger partial charge in [0.25, 0.3) is 0 Å². The van der Waals surface area contributed by atoms with Crippen molar-refractivity contribution in [1.29, 1.82) is 0 Å². The molecule has 0 atom stereocenters. The lowest BCUT2D eigenvalue weighted by Crippen LogP contribution is -2.10. The Morgan fingerprint density at radius 1 is 1.44 bits per heavy atom. The highest BCUT2D eigenvalue weighted by Crippen LogP contribution is 1.74. The Labute approximate surface area is 57.6 Å². The van der Waals surface area contributed by atoms with E-state index in [1.54, 1.807) is 6.92 Å². The maximum Gasteiger partial charge on any atom is 0.131 e. The molecule has 9 heavy (non-hydrogen) atoms. The Bertz CT molecular complexity index is 61.9. The molecule has 0 spiro atoms. The Kier molecular flexibility index (Phi) is 13.4. The van der Waals surface area contributed by atoms with E-state index in [2.05, 4.69) is 5.32 Å². The standard InChI is InChI=1S/C5H11NO.C2H6/c1-5(7)3-4-6-2;1-2/h6H,3-4H2,1-2H3;1-2H3. The number of carbonyl (C=O) groups is 1. The van der Waals surface area contributed by atoms with Crippen LogP contribution in [0, 0.1) is 0 Å². The van der Waals surface area contributed by atoms with Crippen molar-refractivity contribution in [3.8, 4) is 0 Å². The summed E-state index contributed by atoms with van der Waals surface area (Å²) >= 11 is 0. The van der Waals surface area contributed by atoms with Crippen LogP contribution in [0.15, 0.2) is 0 Å². The Morgan fingerprint density at radius 2 is 1.89 bits per heavy atom. The van der Waals surface area contributed by atoms with Gasteiger partial charge in [0.1, 0.15) is 5.78 Å². The molecule has 0 heterocycles. The summed E-state index contributed by atoms with van der Waals surface area (Å²) in [5.74, 6) is 0.245. The lowest BCUT2D eigenvalue weighted by atomic mass is 10.3. The quantitative estimate of drug-likeness (QED) is 0.623. The van der Waals surface area contributed by atoms with Gasteiger partial charge in [-0.05, 0) is 14.0 Å². The molecule has 0 amide bonds. The van der Waals surface area contributed by atoms with Gasteiger partial charge in [-0.3, -0.25) is 4.79 Å². The maximum atomic E-state index is 10.2. The van der Waals surface area contributed by atoms with Crippen LogP contribution in [0.5, 0.6) is 0 Å². The summed E-state index contributed by atoms with van der Waals surface area (Å²) in [6.07, 6.45) is 0.649. The van der Waals surface area contributed by atoms with Crippen LogP contribution in [0.25, 0.3) is 0 Å². The van der Waals surface area contributed by atoms with Gasteiger partial charge < -0.3 is 5.32 Å². The number of rotatable bonds is 3. The molecule has 1 N–H and O–H groups in total. The summed E-state index contributed by atoms with van der Waals surface area (Å²) in [5.41, 5.74) is 0. The molecule has 0 saturated carbocycles. The fourth-order valence-electron chi connectivity index (χ4n) is 0.301. The molecular formula is C7H17NO. The molecule has 0 fully saturated rings. The van der Waals surface area contributed by atoms with Gasteiger partial charge in [0.15, 0.2) is 0 Å². The summed E-state index contributed by atoms with van der Waals surface area (Å²) < 4.78 is 0. The zero-order chi connectivity index (χ0) is 7.70. The minimum atomic E-state index is 0.245. The summed E-state index contributed by atoms with van der Waals surface area (Å²) in [6, 6.07) is 0. The number of carbonyl (C=O) groups excluding carboxylic acids is 1. The Morgan fingerprint density at radius 3 is 2.00 bits per heavy atom. The van der Waals surface area contributed by atoms with Crippen LogP contribution in [-0.2, 0) is 4.79 Å². The predicted octanol–water partition coefficient (Wildman–Crippen LogP) is 1.21. The first-order valence-corrected chi connectivity index (χ1v) is 3.41. The fraction of sp³-hybridized carbons (Fsp3) is 0.857. The van der Waals surface area contributed by atoms with Crippen molar-refractivity contribution < 1.29 is 4.79 Å². The van der Waals surface area contributed by atoms with E-state index < -0.39 is 0 Å². The van der Waals surface area contributed by atoms with Gasteiger partial charge in [-0.25, -0.2) is 0 Å². The zero-order valence-corrected chi connectivity index (χ0v) is 6.82. The van der Waals surface area contributed by atoms with Crippen molar-refractivity contribution in [1.82, 2.24) is 5.32 Å². The average molecular weight is 131 g/mol. The molecule has 0 aliphatic carbocycles. The van der Waals surface area contributed by atoms with Crippen LogP contribution < -0.4 is 5.32 Å². The normalized spacial score (nSPS) is 7.56. The van der Waals surface area contributed by atoms with Crippen molar-refractivity contribution in [2.24, 2.45) is 0 Å². The summed E-state index contributed by atoms with van der Waals surface area (Å²) in [4.78, 5) is 10.2. The van der Waals surface area contributed by atoms with Gasteiger partial charge in [0.05, 0.1) is 0 Å². The number of hydrogen-bond acceptors (Lipinski definition) is 2. The highest BCUT2D eigenvalue weighted by atomic mass is 16.1. The zero-order valence-electron chi connectivity index (χ0n) is 6.82. The molecule has 0 unspecified atom stereocenters. The third-order valence-corrected chi connectivity index (χ3v) is 0.727. The van der Waals surface area contributed by atoms with Crippen molar-refractivity contribution in [3.63, 3.8) is 0 Å². The molecule has 0 radical (unpaired) electrons. The Balaban J connectivity index is 0. The second-order valence-electron chi connectivity index (χ2n) is 1.56. The molecule has 0 aromatic heterocycles. The van der Waals surface area contributed by atoms with E-state index in [-0.39, 0.29) is 5.78 Å². The molecule has 0 rings (SSSR count). The fourth-order valence-corrected chi connectivity index (χ4v) is 0.301. The summed E-state index contributed by atoms with van der Waals surface area (Å²) in [7, 11) is 1.84. The van der Waals surface area contributed by atoms with Crippen molar-refractivity contribution in [2.45, 2.75) is 27.2 Å². The lowest BCUT2D eigenvalue weighted by molar-refractivity contribution is -0.116. The van der Waals surface area contributed by atoms with Crippen LogP contribution in [0.1, 0.15) is 27.2 Å². The molecule has 0 aliphatic heterocycles. The van der Waals surface area contributed by atoms with Crippen molar-refractivity contribution >= 4 is 5.78 Å². The van der Waals surface area contributed by atoms with E-state index in [1.807, 2.05) is 20.9 Å². The van der Waals surface area contributed by atoms with Crippen molar-refractivity contribution in [2.75, 3.05) is 13.6 Å². The third-order valence-electron chi connectivity index (χ3n) is 0.727. The molecule has 0 aliphatic rings. The number of ketones is 1. The largest absolute Gasteiger partial charge is 0.319 e. The van der Waals surface area contributed by atoms with Gasteiger partial charge in [0.2, 0.25) is 0 Å². The van der Waals surface area contributed by atoms with Crippen LogP contribution in [-0.4, -0.2) is 19.4 Å². The third kappa shape index (κ3) is 18.4. The Hall–Kier alpha value is -0.370. The number of hydrogen-bond donors (Lipinski definition) is 1. The van der Waals surface area contributed by atoms with Crippen molar-refractivity contribution in [3.05, 3.63) is 0 Å². The van der Waals surface area contributed by atoms with E-state index in [0.717, 1.165) is 6.54 Å². The van der Waals surface area contributed by atoms with Crippen LogP contribution in [0.3, 0.4) is 0 Å². The first-order valence-electron chi connectivity index (χ1n) is 3.41. The highest BCUT2D eigenvalue weighted by molar-refractivity contribution is 5.75. The van der Waals surface area contributed by atoms with E-state index >= 15 is 0 Å². The molecule has 2 heteroatoms. The minimum absolute atomic E-state index is 0.245. The van der Waals surface area contributed by atoms with E-state index in [9.17, 15) is 4.79 Å².